The van der Waals surface area contributed by atoms with E-state index in [1.54, 1.807) is 16.8 Å². The lowest BCUT2D eigenvalue weighted by atomic mass is 10.4. The predicted molar refractivity (Wildman–Crippen MR) is 75.1 cm³/mol. The van der Waals surface area contributed by atoms with Crippen molar-refractivity contribution >= 4 is 23.5 Å². The average Bonchev–Trinajstić information content (AvgIpc) is 2.50. The van der Waals surface area contributed by atoms with Gasteiger partial charge in [0.15, 0.2) is 0 Å². The van der Waals surface area contributed by atoms with Crippen LogP contribution in [0.1, 0.15) is 20.3 Å². The molecule has 8 heteroatoms. The van der Waals surface area contributed by atoms with Crippen LogP contribution in [0.5, 0.6) is 6.01 Å². The van der Waals surface area contributed by atoms with E-state index in [1.165, 1.54) is 0 Å². The summed E-state index contributed by atoms with van der Waals surface area (Å²) in [5.41, 5.74) is 0. The van der Waals surface area contributed by atoms with E-state index in [0.717, 1.165) is 13.0 Å². The van der Waals surface area contributed by atoms with Crippen LogP contribution < -0.4 is 9.64 Å². The summed E-state index contributed by atoms with van der Waals surface area (Å²) in [7, 11) is 1.79. The minimum atomic E-state index is -0.0572. The van der Waals surface area contributed by atoms with Crippen LogP contribution in [0, 0.1) is 0 Å². The molecule has 1 aliphatic heterocycles. The fourth-order valence-electron chi connectivity index (χ4n) is 1.88. The van der Waals surface area contributed by atoms with Crippen LogP contribution in [0.15, 0.2) is 0 Å². The number of likely N-dealkylation sites (N-methyl/N-ethyl adjacent to an activating group) is 1. The Morgan fingerprint density at radius 2 is 2.00 bits per heavy atom. The molecule has 7 nitrogen and oxygen atoms in total. The van der Waals surface area contributed by atoms with Gasteiger partial charge in [0, 0.05) is 20.1 Å². The lowest BCUT2D eigenvalue weighted by Crippen LogP contribution is -2.35. The Kier molecular flexibility index (Phi) is 4.59. The lowest BCUT2D eigenvalue weighted by molar-refractivity contribution is -0.127. The third-order valence-electron chi connectivity index (χ3n) is 2.87. The summed E-state index contributed by atoms with van der Waals surface area (Å²) in [6.07, 6.45) is 0.796. The van der Waals surface area contributed by atoms with Crippen LogP contribution in [0.4, 0.5) is 5.95 Å². The average molecular weight is 300 g/mol. The van der Waals surface area contributed by atoms with Crippen LogP contribution >= 0.6 is 11.6 Å². The van der Waals surface area contributed by atoms with Crippen molar-refractivity contribution in [2.24, 2.45) is 0 Å². The van der Waals surface area contributed by atoms with Gasteiger partial charge in [-0.05, 0) is 31.9 Å². The van der Waals surface area contributed by atoms with Crippen molar-refractivity contribution in [3.8, 4) is 6.01 Å². The number of anilines is 1. The highest BCUT2D eigenvalue weighted by molar-refractivity contribution is 6.28. The molecule has 2 heterocycles. The minimum absolute atomic E-state index is 0.0327. The van der Waals surface area contributed by atoms with Gasteiger partial charge in [-0.25, -0.2) is 0 Å². The molecule has 1 amide bonds. The second kappa shape index (κ2) is 6.21. The summed E-state index contributed by atoms with van der Waals surface area (Å²) in [5, 5.41) is 0.0655. The molecule has 1 aromatic rings. The van der Waals surface area contributed by atoms with Crippen molar-refractivity contribution in [1.82, 2.24) is 19.9 Å². The van der Waals surface area contributed by atoms with E-state index >= 15 is 0 Å². The summed E-state index contributed by atoms with van der Waals surface area (Å²) in [6, 6.07) is 0.181. The maximum atomic E-state index is 11.9. The molecule has 2 rings (SSSR count). The van der Waals surface area contributed by atoms with Crippen LogP contribution in [0.2, 0.25) is 5.28 Å². The zero-order valence-electron chi connectivity index (χ0n) is 11.8. The molecule has 1 saturated heterocycles. The summed E-state index contributed by atoms with van der Waals surface area (Å²) in [6.45, 7) is 5.41. The molecule has 0 radical (unpaired) electrons. The molecule has 0 N–H and O–H groups in total. The van der Waals surface area contributed by atoms with Crippen molar-refractivity contribution in [1.29, 1.82) is 0 Å². The minimum Gasteiger partial charge on any atom is -0.461 e. The van der Waals surface area contributed by atoms with Gasteiger partial charge in [0.2, 0.25) is 17.1 Å². The SMILES string of the molecule is CC(C)Oc1nc(Cl)nc(N2CCCN(C)C(=O)C2)n1. The number of rotatable bonds is 3. The summed E-state index contributed by atoms with van der Waals surface area (Å²) in [4.78, 5) is 27.6. The summed E-state index contributed by atoms with van der Waals surface area (Å²) in [5.74, 6) is 0.412. The summed E-state index contributed by atoms with van der Waals surface area (Å²) >= 11 is 5.89. The third kappa shape index (κ3) is 3.69. The van der Waals surface area contributed by atoms with Crippen molar-refractivity contribution in [3.05, 3.63) is 5.28 Å². The van der Waals surface area contributed by atoms with E-state index in [4.69, 9.17) is 16.3 Å². The van der Waals surface area contributed by atoms with E-state index in [1.807, 2.05) is 13.8 Å². The monoisotopic (exact) mass is 299 g/mol. The van der Waals surface area contributed by atoms with E-state index in [-0.39, 0.29) is 29.8 Å². The van der Waals surface area contributed by atoms with E-state index in [2.05, 4.69) is 15.0 Å². The van der Waals surface area contributed by atoms with Gasteiger partial charge in [-0.2, -0.15) is 15.0 Å². The first-order valence-electron chi connectivity index (χ1n) is 6.53. The topological polar surface area (TPSA) is 71.5 Å². The van der Waals surface area contributed by atoms with E-state index in [9.17, 15) is 4.79 Å². The lowest BCUT2D eigenvalue weighted by Gasteiger charge is -2.20. The van der Waals surface area contributed by atoms with Crippen molar-refractivity contribution in [2.45, 2.75) is 26.4 Å². The molecule has 0 aliphatic carbocycles. The Labute approximate surface area is 122 Å². The summed E-state index contributed by atoms with van der Waals surface area (Å²) < 4.78 is 5.44. The molecular weight excluding hydrogens is 282 g/mol. The molecule has 1 aromatic heterocycles. The number of aromatic nitrogens is 3. The second-order valence-electron chi connectivity index (χ2n) is 4.94. The predicted octanol–water partition coefficient (Wildman–Crippen LogP) is 0.981. The van der Waals surface area contributed by atoms with Crippen LogP contribution in [0.3, 0.4) is 0 Å². The maximum Gasteiger partial charge on any atom is 0.322 e. The van der Waals surface area contributed by atoms with Crippen LogP contribution in [-0.2, 0) is 4.79 Å². The number of carbonyl (C=O) groups excluding carboxylic acids is 1. The van der Waals surface area contributed by atoms with E-state index < -0.39 is 0 Å². The zero-order chi connectivity index (χ0) is 14.7. The van der Waals surface area contributed by atoms with Gasteiger partial charge < -0.3 is 14.5 Å². The zero-order valence-corrected chi connectivity index (χ0v) is 12.6. The second-order valence-corrected chi connectivity index (χ2v) is 5.28. The van der Waals surface area contributed by atoms with Crippen molar-refractivity contribution in [3.63, 3.8) is 0 Å². The van der Waals surface area contributed by atoms with Crippen molar-refractivity contribution in [2.75, 3.05) is 31.6 Å². The molecule has 0 unspecified atom stereocenters. The number of carbonyl (C=O) groups is 1. The molecule has 0 bridgehead atoms. The van der Waals surface area contributed by atoms with Gasteiger partial charge in [0.05, 0.1) is 12.6 Å². The number of hydrogen-bond acceptors (Lipinski definition) is 6. The fraction of sp³-hybridized carbons (Fsp3) is 0.667. The normalized spacial score (nSPS) is 16.6. The molecule has 20 heavy (non-hydrogen) atoms. The molecule has 1 aliphatic rings. The molecule has 1 fully saturated rings. The van der Waals surface area contributed by atoms with Gasteiger partial charge in [0.25, 0.3) is 0 Å². The van der Waals surface area contributed by atoms with E-state index in [0.29, 0.717) is 12.5 Å². The molecule has 110 valence electrons. The van der Waals surface area contributed by atoms with Gasteiger partial charge >= 0.3 is 6.01 Å². The highest BCUT2D eigenvalue weighted by atomic mass is 35.5. The Balaban J connectivity index is 2.22. The number of hydrogen-bond donors (Lipinski definition) is 0. The highest BCUT2D eigenvalue weighted by Gasteiger charge is 2.22. The number of amides is 1. The van der Waals surface area contributed by atoms with Gasteiger partial charge in [-0.3, -0.25) is 4.79 Å². The first-order valence-corrected chi connectivity index (χ1v) is 6.90. The Morgan fingerprint density at radius 1 is 1.25 bits per heavy atom. The largest absolute Gasteiger partial charge is 0.461 e. The van der Waals surface area contributed by atoms with Crippen LogP contribution in [0.25, 0.3) is 0 Å². The highest BCUT2D eigenvalue weighted by Crippen LogP contribution is 2.17. The maximum absolute atomic E-state index is 11.9. The number of halogens is 1. The number of nitrogens with zero attached hydrogens (tertiary/aromatic N) is 5. The van der Waals surface area contributed by atoms with Crippen molar-refractivity contribution < 1.29 is 9.53 Å². The first-order chi connectivity index (χ1) is 9.45. The number of ether oxygens (including phenoxy) is 1. The Bertz CT molecular complexity index is 497. The van der Waals surface area contributed by atoms with Gasteiger partial charge in [-0.1, -0.05) is 0 Å². The van der Waals surface area contributed by atoms with Gasteiger partial charge in [0.1, 0.15) is 0 Å². The molecular formula is C12H18ClN5O2. The smallest absolute Gasteiger partial charge is 0.322 e. The fourth-order valence-corrected chi connectivity index (χ4v) is 2.03. The third-order valence-corrected chi connectivity index (χ3v) is 3.04. The molecule has 0 spiro atoms. The standard InChI is InChI=1S/C12H18ClN5O2/c1-8(2)20-12-15-10(13)14-11(16-12)18-6-4-5-17(3)9(19)7-18/h8H,4-7H2,1-3H3. The van der Waals surface area contributed by atoms with Gasteiger partial charge in [-0.15, -0.1) is 0 Å². The molecule has 0 atom stereocenters. The van der Waals surface area contributed by atoms with Crippen LogP contribution in [-0.4, -0.2) is 58.5 Å². The Hall–Kier alpha value is -1.63. The molecule has 0 aromatic carbocycles. The molecule has 0 saturated carbocycles. The quantitative estimate of drug-likeness (QED) is 0.828. The Morgan fingerprint density at radius 3 is 2.70 bits per heavy atom. The first kappa shape index (κ1) is 14.8.